The van der Waals surface area contributed by atoms with Crippen LogP contribution in [-0.4, -0.2) is 19.5 Å². The topological polar surface area (TPSA) is 46.5 Å². The summed E-state index contributed by atoms with van der Waals surface area (Å²) in [5.41, 5.74) is 2.96. The summed E-state index contributed by atoms with van der Waals surface area (Å²) in [6, 6.07) is 5.98. The molecular formula is C11H9BrN4. The largest absolute Gasteiger partial charge is 0.337 e. The van der Waals surface area contributed by atoms with Crippen LogP contribution in [0.5, 0.6) is 0 Å². The zero-order chi connectivity index (χ0) is 11.1. The molecule has 5 heteroatoms. The smallest absolute Gasteiger partial charge is 0.156 e. The fourth-order valence-electron chi connectivity index (χ4n) is 1.69. The van der Waals surface area contributed by atoms with Crippen molar-refractivity contribution in [3.05, 3.63) is 35.2 Å². The Morgan fingerprint density at radius 3 is 3.00 bits per heavy atom. The van der Waals surface area contributed by atoms with Gasteiger partial charge in [0.05, 0.1) is 23.6 Å². The van der Waals surface area contributed by atoms with Crippen LogP contribution in [0.1, 0.15) is 0 Å². The van der Waals surface area contributed by atoms with Crippen molar-refractivity contribution < 1.29 is 0 Å². The van der Waals surface area contributed by atoms with E-state index in [1.54, 1.807) is 12.5 Å². The summed E-state index contributed by atoms with van der Waals surface area (Å²) in [5, 5.41) is 0. The van der Waals surface area contributed by atoms with E-state index < -0.39 is 0 Å². The summed E-state index contributed by atoms with van der Waals surface area (Å²) >= 11 is 3.44. The van der Waals surface area contributed by atoms with Crippen molar-refractivity contribution >= 4 is 27.0 Å². The maximum absolute atomic E-state index is 4.52. The van der Waals surface area contributed by atoms with Gasteiger partial charge < -0.3 is 9.55 Å². The molecule has 1 N–H and O–H groups in total. The zero-order valence-corrected chi connectivity index (χ0v) is 10.2. The molecule has 0 saturated carbocycles. The molecule has 0 unspecified atom stereocenters. The van der Waals surface area contributed by atoms with E-state index in [1.165, 1.54) is 0 Å². The van der Waals surface area contributed by atoms with Gasteiger partial charge in [0.1, 0.15) is 5.69 Å². The third-order valence-corrected chi connectivity index (χ3v) is 3.00. The van der Waals surface area contributed by atoms with Crippen molar-refractivity contribution in [1.29, 1.82) is 0 Å². The van der Waals surface area contributed by atoms with Gasteiger partial charge in [-0.25, -0.2) is 9.97 Å². The summed E-state index contributed by atoms with van der Waals surface area (Å²) in [5.74, 6) is 0.841. The lowest BCUT2D eigenvalue weighted by Crippen LogP contribution is -1.90. The van der Waals surface area contributed by atoms with Gasteiger partial charge in [-0.05, 0) is 18.2 Å². The van der Waals surface area contributed by atoms with Crippen LogP contribution < -0.4 is 0 Å². The Kier molecular flexibility index (Phi) is 2.07. The summed E-state index contributed by atoms with van der Waals surface area (Å²) in [4.78, 5) is 11.9. The van der Waals surface area contributed by atoms with Gasteiger partial charge in [-0.2, -0.15) is 0 Å². The highest BCUT2D eigenvalue weighted by molar-refractivity contribution is 9.10. The maximum Gasteiger partial charge on any atom is 0.156 e. The molecule has 0 atom stereocenters. The highest BCUT2D eigenvalue weighted by Gasteiger charge is 2.08. The molecule has 0 aliphatic carbocycles. The average molecular weight is 277 g/mol. The predicted octanol–water partition coefficient (Wildman–Crippen LogP) is 2.73. The highest BCUT2D eigenvalue weighted by Crippen LogP contribution is 2.22. The summed E-state index contributed by atoms with van der Waals surface area (Å²) in [6.45, 7) is 0. The van der Waals surface area contributed by atoms with E-state index in [1.807, 2.05) is 29.8 Å². The molecule has 0 radical (unpaired) electrons. The standard InChI is InChI=1S/C11H9BrN4/c1-16-6-13-5-10(16)11-14-8-3-2-7(12)4-9(8)15-11/h2-6H,1H3,(H,14,15). The fraction of sp³-hybridized carbons (Fsp3) is 0.0909. The van der Waals surface area contributed by atoms with E-state index >= 15 is 0 Å². The second-order valence-corrected chi connectivity index (χ2v) is 4.55. The predicted molar refractivity (Wildman–Crippen MR) is 66.0 cm³/mol. The van der Waals surface area contributed by atoms with Gasteiger partial charge in [0, 0.05) is 11.5 Å². The van der Waals surface area contributed by atoms with Crippen LogP contribution in [0.3, 0.4) is 0 Å². The number of aryl methyl sites for hydroxylation is 1. The monoisotopic (exact) mass is 276 g/mol. The normalized spacial score (nSPS) is 11.1. The lowest BCUT2D eigenvalue weighted by atomic mass is 10.3. The van der Waals surface area contributed by atoms with Crippen molar-refractivity contribution in [1.82, 2.24) is 19.5 Å². The van der Waals surface area contributed by atoms with Crippen LogP contribution in [0, 0.1) is 0 Å². The number of hydrogen-bond donors (Lipinski definition) is 1. The Morgan fingerprint density at radius 1 is 1.38 bits per heavy atom. The second kappa shape index (κ2) is 3.45. The second-order valence-electron chi connectivity index (χ2n) is 3.64. The highest BCUT2D eigenvalue weighted by atomic mass is 79.9. The number of fused-ring (bicyclic) bond motifs is 1. The molecule has 0 fully saturated rings. The molecule has 2 aromatic heterocycles. The Morgan fingerprint density at radius 2 is 2.25 bits per heavy atom. The first kappa shape index (κ1) is 9.59. The van der Waals surface area contributed by atoms with Gasteiger partial charge in [0.2, 0.25) is 0 Å². The number of hydrogen-bond acceptors (Lipinski definition) is 2. The minimum absolute atomic E-state index is 0.841. The van der Waals surface area contributed by atoms with Gasteiger partial charge in [0.15, 0.2) is 5.82 Å². The van der Waals surface area contributed by atoms with Crippen LogP contribution in [0.2, 0.25) is 0 Å². The lowest BCUT2D eigenvalue weighted by Gasteiger charge is -1.95. The molecule has 16 heavy (non-hydrogen) atoms. The van der Waals surface area contributed by atoms with E-state index in [0.717, 1.165) is 27.0 Å². The molecule has 3 aromatic rings. The summed E-state index contributed by atoms with van der Waals surface area (Å²) < 4.78 is 2.98. The molecular weight excluding hydrogens is 268 g/mol. The molecule has 4 nitrogen and oxygen atoms in total. The molecule has 0 aliphatic heterocycles. The number of halogens is 1. The fourth-order valence-corrected chi connectivity index (χ4v) is 2.05. The van der Waals surface area contributed by atoms with E-state index in [4.69, 9.17) is 0 Å². The van der Waals surface area contributed by atoms with Gasteiger partial charge in [-0.15, -0.1) is 0 Å². The number of nitrogens with zero attached hydrogens (tertiary/aromatic N) is 3. The molecule has 80 valence electrons. The van der Waals surface area contributed by atoms with Crippen molar-refractivity contribution in [2.45, 2.75) is 0 Å². The average Bonchev–Trinajstić information content (AvgIpc) is 2.82. The van der Waals surface area contributed by atoms with E-state index in [-0.39, 0.29) is 0 Å². The van der Waals surface area contributed by atoms with Crippen LogP contribution in [-0.2, 0) is 7.05 Å². The number of aromatic amines is 1. The number of rotatable bonds is 1. The van der Waals surface area contributed by atoms with E-state index in [2.05, 4.69) is 30.9 Å². The lowest BCUT2D eigenvalue weighted by molar-refractivity contribution is 0.913. The number of aromatic nitrogens is 4. The number of benzene rings is 1. The molecule has 2 heterocycles. The Hall–Kier alpha value is -1.62. The molecule has 3 rings (SSSR count). The quantitative estimate of drug-likeness (QED) is 0.743. The van der Waals surface area contributed by atoms with Crippen molar-refractivity contribution in [2.75, 3.05) is 0 Å². The van der Waals surface area contributed by atoms with Crippen LogP contribution in [0.4, 0.5) is 0 Å². The Labute approximate surface area is 100 Å². The third-order valence-electron chi connectivity index (χ3n) is 2.50. The Balaban J connectivity index is 2.23. The van der Waals surface area contributed by atoms with Gasteiger partial charge >= 0.3 is 0 Å². The van der Waals surface area contributed by atoms with Crippen LogP contribution in [0.15, 0.2) is 35.2 Å². The number of imidazole rings is 2. The first-order valence-electron chi connectivity index (χ1n) is 4.86. The zero-order valence-electron chi connectivity index (χ0n) is 8.61. The SMILES string of the molecule is Cn1cncc1-c1nc2ccc(Br)cc2[nH]1. The van der Waals surface area contributed by atoms with Crippen LogP contribution >= 0.6 is 15.9 Å². The van der Waals surface area contributed by atoms with Crippen molar-refractivity contribution in [2.24, 2.45) is 7.05 Å². The minimum atomic E-state index is 0.841. The van der Waals surface area contributed by atoms with Crippen molar-refractivity contribution in [3.63, 3.8) is 0 Å². The molecule has 0 amide bonds. The number of nitrogens with one attached hydrogen (secondary N) is 1. The molecule has 0 bridgehead atoms. The van der Waals surface area contributed by atoms with Gasteiger partial charge in [-0.1, -0.05) is 15.9 Å². The van der Waals surface area contributed by atoms with Gasteiger partial charge in [-0.3, -0.25) is 0 Å². The Bertz CT molecular complexity index is 653. The molecule has 1 aromatic carbocycles. The molecule has 0 aliphatic rings. The van der Waals surface area contributed by atoms with Crippen LogP contribution in [0.25, 0.3) is 22.6 Å². The first-order valence-corrected chi connectivity index (χ1v) is 5.65. The molecule has 0 spiro atoms. The van der Waals surface area contributed by atoms with Crippen molar-refractivity contribution in [3.8, 4) is 11.5 Å². The van der Waals surface area contributed by atoms with E-state index in [0.29, 0.717) is 0 Å². The maximum atomic E-state index is 4.52. The summed E-state index contributed by atoms with van der Waals surface area (Å²) in [7, 11) is 1.95. The number of H-pyrrole nitrogens is 1. The third kappa shape index (κ3) is 1.44. The molecule has 0 saturated heterocycles. The van der Waals surface area contributed by atoms with Gasteiger partial charge in [0.25, 0.3) is 0 Å². The minimum Gasteiger partial charge on any atom is -0.337 e. The van der Waals surface area contributed by atoms with E-state index in [9.17, 15) is 0 Å². The summed E-state index contributed by atoms with van der Waals surface area (Å²) in [6.07, 6.45) is 3.56. The first-order chi connectivity index (χ1) is 7.74.